The monoisotopic (exact) mass is 344 g/mol. The van der Waals surface area contributed by atoms with E-state index in [4.69, 9.17) is 4.74 Å². The molecular weight excluding hydrogens is 312 g/mol. The van der Waals surface area contributed by atoms with E-state index in [0.717, 1.165) is 0 Å². The third-order valence-corrected chi connectivity index (χ3v) is 5.60. The van der Waals surface area contributed by atoms with Gasteiger partial charge in [-0.1, -0.05) is 19.3 Å². The quantitative estimate of drug-likeness (QED) is 0.768. The van der Waals surface area contributed by atoms with Crippen molar-refractivity contribution >= 4 is 12.0 Å². The van der Waals surface area contributed by atoms with E-state index < -0.39 is 0 Å². The molecular formula is C21H32N2O2. The van der Waals surface area contributed by atoms with Gasteiger partial charge in [0.15, 0.2) is 0 Å². The second-order valence-electron chi connectivity index (χ2n) is 7.82. The van der Waals surface area contributed by atoms with E-state index in [1.165, 1.54) is 49.1 Å². The summed E-state index contributed by atoms with van der Waals surface area (Å²) >= 11 is 0. The summed E-state index contributed by atoms with van der Waals surface area (Å²) in [6.45, 7) is 9.77. The third kappa shape index (κ3) is 4.17. The van der Waals surface area contributed by atoms with Gasteiger partial charge in [-0.15, -0.1) is 0 Å². The first kappa shape index (κ1) is 18.2. The molecule has 138 valence electrons. The molecule has 25 heavy (non-hydrogen) atoms. The summed E-state index contributed by atoms with van der Waals surface area (Å²) in [5.41, 5.74) is 3.77. The first-order chi connectivity index (χ1) is 12.0. The molecule has 4 nitrogen and oxygen atoms in total. The summed E-state index contributed by atoms with van der Waals surface area (Å²) in [6, 6.07) is 2.85. The molecule has 1 saturated heterocycles. The smallest absolute Gasteiger partial charge is 0.246 e. The van der Waals surface area contributed by atoms with Crippen molar-refractivity contribution in [3.05, 3.63) is 29.1 Å². The maximum absolute atomic E-state index is 12.5. The number of aromatic nitrogens is 1. The normalized spacial score (nSPS) is 25.7. The number of morpholine rings is 1. The highest BCUT2D eigenvalue weighted by Gasteiger charge is 2.25. The minimum Gasteiger partial charge on any atom is -0.372 e. The van der Waals surface area contributed by atoms with Crippen molar-refractivity contribution in [1.82, 2.24) is 9.47 Å². The number of ether oxygens (including phenoxy) is 1. The van der Waals surface area contributed by atoms with Gasteiger partial charge in [-0.2, -0.15) is 0 Å². The van der Waals surface area contributed by atoms with Crippen molar-refractivity contribution in [3.8, 4) is 0 Å². The molecule has 2 aliphatic rings. The molecule has 1 aromatic heterocycles. The predicted octanol–water partition coefficient (Wildman–Crippen LogP) is 4.26. The van der Waals surface area contributed by atoms with Gasteiger partial charge in [-0.3, -0.25) is 4.79 Å². The molecule has 0 aromatic carbocycles. The lowest BCUT2D eigenvalue weighted by Crippen LogP contribution is -2.47. The molecule has 2 heterocycles. The Kier molecular flexibility index (Phi) is 5.67. The molecule has 0 N–H and O–H groups in total. The van der Waals surface area contributed by atoms with Gasteiger partial charge in [0.05, 0.1) is 12.2 Å². The van der Waals surface area contributed by atoms with E-state index in [2.05, 4.69) is 24.5 Å². The van der Waals surface area contributed by atoms with Crippen LogP contribution in [0.25, 0.3) is 6.08 Å². The minimum absolute atomic E-state index is 0.0875. The Balaban J connectivity index is 1.72. The highest BCUT2D eigenvalue weighted by molar-refractivity contribution is 5.92. The van der Waals surface area contributed by atoms with Gasteiger partial charge in [0, 0.05) is 36.6 Å². The lowest BCUT2D eigenvalue weighted by Gasteiger charge is -2.34. The summed E-state index contributed by atoms with van der Waals surface area (Å²) in [5, 5.41) is 0. The fraction of sp³-hybridized carbons (Fsp3) is 0.667. The molecule has 1 aliphatic heterocycles. The van der Waals surface area contributed by atoms with E-state index in [-0.39, 0.29) is 18.1 Å². The molecule has 3 rings (SSSR count). The fourth-order valence-corrected chi connectivity index (χ4v) is 4.50. The van der Waals surface area contributed by atoms with E-state index in [9.17, 15) is 4.79 Å². The average molecular weight is 344 g/mol. The van der Waals surface area contributed by atoms with Crippen LogP contribution in [0.3, 0.4) is 0 Å². The van der Waals surface area contributed by atoms with Crippen LogP contribution in [0.5, 0.6) is 0 Å². The molecule has 2 atom stereocenters. The van der Waals surface area contributed by atoms with E-state index in [1.807, 2.05) is 24.8 Å². The molecule has 2 fully saturated rings. The summed E-state index contributed by atoms with van der Waals surface area (Å²) < 4.78 is 8.20. The van der Waals surface area contributed by atoms with E-state index >= 15 is 0 Å². The standard InChI is InChI=1S/C21H32N2O2/c1-15-12-19(18(4)23(15)20-8-6-5-7-9-20)10-11-21(24)22-13-16(2)25-17(3)14-22/h10-12,16-17,20H,5-9,13-14H2,1-4H3/b11-10+/t16-,17-/m0/s1. The number of carbonyl (C=O) groups excluding carboxylic acids is 1. The molecule has 1 saturated carbocycles. The highest BCUT2D eigenvalue weighted by atomic mass is 16.5. The Morgan fingerprint density at radius 2 is 1.76 bits per heavy atom. The second kappa shape index (κ2) is 7.77. The first-order valence-electron chi connectivity index (χ1n) is 9.76. The Labute approximate surface area is 151 Å². The van der Waals surface area contributed by atoms with E-state index in [0.29, 0.717) is 19.1 Å². The van der Waals surface area contributed by atoms with Crippen molar-refractivity contribution in [2.45, 2.75) is 78.0 Å². The molecule has 1 aliphatic carbocycles. The van der Waals surface area contributed by atoms with Crippen LogP contribution in [0.15, 0.2) is 12.1 Å². The molecule has 1 amide bonds. The van der Waals surface area contributed by atoms with Crippen LogP contribution in [-0.2, 0) is 9.53 Å². The van der Waals surface area contributed by atoms with Crippen LogP contribution >= 0.6 is 0 Å². The number of rotatable bonds is 3. The van der Waals surface area contributed by atoms with Crippen LogP contribution in [-0.4, -0.2) is 40.7 Å². The Morgan fingerprint density at radius 3 is 2.40 bits per heavy atom. The van der Waals surface area contributed by atoms with Crippen LogP contribution in [0.4, 0.5) is 0 Å². The fourth-order valence-electron chi connectivity index (χ4n) is 4.50. The SMILES string of the molecule is Cc1cc(/C=C/C(=O)N2C[C@H](C)O[C@@H](C)C2)c(C)n1C1CCCCC1. The Morgan fingerprint density at radius 1 is 1.12 bits per heavy atom. The zero-order valence-electron chi connectivity index (χ0n) is 16.1. The molecule has 0 unspecified atom stereocenters. The maximum atomic E-state index is 12.5. The second-order valence-corrected chi connectivity index (χ2v) is 7.82. The van der Waals surface area contributed by atoms with Crippen molar-refractivity contribution < 1.29 is 9.53 Å². The van der Waals surface area contributed by atoms with Crippen LogP contribution in [0.2, 0.25) is 0 Å². The highest BCUT2D eigenvalue weighted by Crippen LogP contribution is 2.32. The van der Waals surface area contributed by atoms with Crippen LogP contribution < -0.4 is 0 Å². The maximum Gasteiger partial charge on any atom is 0.246 e. The van der Waals surface area contributed by atoms with E-state index in [1.54, 1.807) is 6.08 Å². The summed E-state index contributed by atoms with van der Waals surface area (Å²) in [6.07, 6.45) is 10.5. The lowest BCUT2D eigenvalue weighted by atomic mass is 9.95. The number of amides is 1. The number of aryl methyl sites for hydroxylation is 1. The van der Waals surface area contributed by atoms with Crippen molar-refractivity contribution in [2.24, 2.45) is 0 Å². The Bertz CT molecular complexity index is 631. The molecule has 1 aromatic rings. The van der Waals surface area contributed by atoms with Crippen LogP contribution in [0, 0.1) is 13.8 Å². The average Bonchev–Trinajstić information content (AvgIpc) is 2.86. The van der Waals surface area contributed by atoms with Gasteiger partial charge in [0.2, 0.25) is 5.91 Å². The predicted molar refractivity (Wildman–Crippen MR) is 102 cm³/mol. The molecule has 0 radical (unpaired) electrons. The molecule has 4 heteroatoms. The zero-order valence-corrected chi connectivity index (χ0v) is 16.1. The largest absolute Gasteiger partial charge is 0.372 e. The van der Waals surface area contributed by atoms with Crippen molar-refractivity contribution in [1.29, 1.82) is 0 Å². The van der Waals surface area contributed by atoms with Gasteiger partial charge < -0.3 is 14.2 Å². The third-order valence-electron chi connectivity index (χ3n) is 5.60. The first-order valence-corrected chi connectivity index (χ1v) is 9.76. The number of hydrogen-bond acceptors (Lipinski definition) is 2. The zero-order chi connectivity index (χ0) is 18.0. The van der Waals surface area contributed by atoms with Gasteiger partial charge >= 0.3 is 0 Å². The molecule has 0 bridgehead atoms. The molecule has 0 spiro atoms. The van der Waals surface area contributed by atoms with Gasteiger partial charge in [-0.05, 0) is 58.2 Å². The van der Waals surface area contributed by atoms with Crippen LogP contribution in [0.1, 0.15) is 68.9 Å². The summed E-state index contributed by atoms with van der Waals surface area (Å²) in [4.78, 5) is 14.4. The number of hydrogen-bond donors (Lipinski definition) is 0. The Hall–Kier alpha value is -1.55. The van der Waals surface area contributed by atoms with Crippen molar-refractivity contribution in [2.75, 3.05) is 13.1 Å². The van der Waals surface area contributed by atoms with Gasteiger partial charge in [-0.25, -0.2) is 0 Å². The van der Waals surface area contributed by atoms with Gasteiger partial charge in [0.25, 0.3) is 0 Å². The van der Waals surface area contributed by atoms with Gasteiger partial charge in [0.1, 0.15) is 0 Å². The van der Waals surface area contributed by atoms with Crippen molar-refractivity contribution in [3.63, 3.8) is 0 Å². The number of nitrogens with zero attached hydrogens (tertiary/aromatic N) is 2. The number of carbonyl (C=O) groups is 1. The lowest BCUT2D eigenvalue weighted by molar-refractivity contribution is -0.137. The summed E-state index contributed by atoms with van der Waals surface area (Å²) in [5.74, 6) is 0.0875. The minimum atomic E-state index is 0.0875. The topological polar surface area (TPSA) is 34.5 Å². The summed E-state index contributed by atoms with van der Waals surface area (Å²) in [7, 11) is 0.